The maximum absolute atomic E-state index is 2.41. The maximum atomic E-state index is 2.41. The number of hydrogen-bond acceptors (Lipinski definition) is 2. The van der Waals surface area contributed by atoms with Crippen molar-refractivity contribution in [2.45, 2.75) is 27.7 Å². The normalized spacial score (nSPS) is 11.2. The van der Waals surface area contributed by atoms with Crippen molar-refractivity contribution < 1.29 is 0 Å². The minimum absolute atomic E-state index is 1.09. The van der Waals surface area contributed by atoms with E-state index in [1.165, 1.54) is 88.3 Å². The quantitative estimate of drug-likeness (QED) is 0.135. The molecule has 11 aromatic rings. The topological polar surface area (TPSA) is 6.48 Å². The first kappa shape index (κ1) is 42.2. The molecule has 0 unspecified atom stereocenters. The lowest BCUT2D eigenvalue weighted by molar-refractivity contribution is 1.29. The van der Waals surface area contributed by atoms with E-state index < -0.39 is 0 Å². The second-order valence-corrected chi connectivity index (χ2v) is 18.0. The third-order valence-corrected chi connectivity index (χ3v) is 13.5. The summed E-state index contributed by atoms with van der Waals surface area (Å²) in [6, 6.07) is 89.1. The van der Waals surface area contributed by atoms with Crippen LogP contribution in [0.4, 0.5) is 34.1 Å². The molecule has 0 radical (unpaired) electrons. The van der Waals surface area contributed by atoms with Crippen molar-refractivity contribution in [2.24, 2.45) is 0 Å². The van der Waals surface area contributed by atoms with E-state index >= 15 is 0 Å². The van der Waals surface area contributed by atoms with Crippen LogP contribution in [0, 0.1) is 27.7 Å². The molecular weight excluding hydrogens is 821 g/mol. The molecular formula is C66H52N2. The monoisotopic (exact) mass is 872 g/mol. The van der Waals surface area contributed by atoms with Gasteiger partial charge >= 0.3 is 0 Å². The highest BCUT2D eigenvalue weighted by molar-refractivity contribution is 6.03. The highest BCUT2D eigenvalue weighted by Crippen LogP contribution is 2.48. The van der Waals surface area contributed by atoms with Crippen LogP contribution in [0.1, 0.15) is 22.3 Å². The van der Waals surface area contributed by atoms with Gasteiger partial charge in [-0.25, -0.2) is 0 Å². The van der Waals surface area contributed by atoms with E-state index in [1.54, 1.807) is 0 Å². The molecule has 68 heavy (non-hydrogen) atoms. The summed E-state index contributed by atoms with van der Waals surface area (Å²) in [7, 11) is 0. The van der Waals surface area contributed by atoms with Gasteiger partial charge in [0.05, 0.1) is 11.4 Å². The van der Waals surface area contributed by atoms with E-state index in [0.717, 1.165) is 34.1 Å². The van der Waals surface area contributed by atoms with Gasteiger partial charge in [0.1, 0.15) is 0 Å². The minimum Gasteiger partial charge on any atom is -0.310 e. The fourth-order valence-electron chi connectivity index (χ4n) is 9.83. The standard InChI is InChI=1S/C66H52N2/c1-45-29-33-51(34-30-45)61-43-55(67(53-21-7-5-8-22-53)65-27-15-19-49-17-11-13-25-57(49)65)37-39-59(61)63-41-47(3)48(4)42-64(63)60-40-38-56(44-62(60)52-35-31-46(2)32-36-52)68(54-23-9-6-10-24-54)66-28-16-20-50-18-12-14-26-58(50)66/h5-44H,1-4H3. The number of hydrogen-bond donors (Lipinski definition) is 0. The molecule has 0 heterocycles. The van der Waals surface area contributed by atoms with Gasteiger partial charge in [-0.1, -0.05) is 193 Å². The van der Waals surface area contributed by atoms with E-state index in [9.17, 15) is 0 Å². The Morgan fingerprint density at radius 2 is 0.618 bits per heavy atom. The highest BCUT2D eigenvalue weighted by Gasteiger charge is 2.23. The smallest absolute Gasteiger partial charge is 0.0540 e. The second-order valence-electron chi connectivity index (χ2n) is 18.0. The molecule has 0 saturated heterocycles. The van der Waals surface area contributed by atoms with Gasteiger partial charge in [0, 0.05) is 33.5 Å². The van der Waals surface area contributed by atoms with Crippen LogP contribution < -0.4 is 9.80 Å². The zero-order chi connectivity index (χ0) is 46.1. The van der Waals surface area contributed by atoms with Gasteiger partial charge in [-0.15, -0.1) is 0 Å². The predicted molar refractivity (Wildman–Crippen MR) is 292 cm³/mol. The number of benzene rings is 11. The molecule has 0 amide bonds. The molecule has 0 fully saturated rings. The van der Waals surface area contributed by atoms with Gasteiger partial charge < -0.3 is 9.80 Å². The Hall–Kier alpha value is -8.46. The number of para-hydroxylation sites is 2. The van der Waals surface area contributed by atoms with Crippen molar-refractivity contribution >= 4 is 55.7 Å². The lowest BCUT2D eigenvalue weighted by Crippen LogP contribution is -2.11. The van der Waals surface area contributed by atoms with E-state index in [-0.39, 0.29) is 0 Å². The Kier molecular flexibility index (Phi) is 11.2. The summed E-state index contributed by atoms with van der Waals surface area (Å²) in [5.74, 6) is 0. The molecule has 0 N–H and O–H groups in total. The fourth-order valence-corrected chi connectivity index (χ4v) is 9.83. The molecule has 0 bridgehead atoms. The van der Waals surface area contributed by atoms with Crippen LogP contribution in [0.25, 0.3) is 66.1 Å². The minimum atomic E-state index is 1.09. The van der Waals surface area contributed by atoms with Crippen LogP contribution in [-0.4, -0.2) is 0 Å². The number of rotatable bonds is 10. The average molecular weight is 873 g/mol. The third kappa shape index (κ3) is 8.01. The number of anilines is 6. The first-order valence-corrected chi connectivity index (χ1v) is 23.6. The van der Waals surface area contributed by atoms with Gasteiger partial charge in [0.2, 0.25) is 0 Å². The summed E-state index contributed by atoms with van der Waals surface area (Å²) in [5.41, 5.74) is 21.1. The van der Waals surface area contributed by atoms with Gasteiger partial charge in [-0.2, -0.15) is 0 Å². The molecule has 0 spiro atoms. The first-order valence-electron chi connectivity index (χ1n) is 23.6. The lowest BCUT2D eigenvalue weighted by atomic mass is 9.84. The summed E-state index contributed by atoms with van der Waals surface area (Å²) in [6.45, 7) is 8.81. The summed E-state index contributed by atoms with van der Waals surface area (Å²) >= 11 is 0. The number of fused-ring (bicyclic) bond motifs is 2. The van der Waals surface area contributed by atoms with E-state index in [2.05, 4.69) is 280 Å². The Balaban J connectivity index is 1.15. The third-order valence-electron chi connectivity index (χ3n) is 13.5. The molecule has 0 aromatic heterocycles. The summed E-state index contributed by atoms with van der Waals surface area (Å²) in [4.78, 5) is 4.82. The highest BCUT2D eigenvalue weighted by atomic mass is 15.1. The Morgan fingerprint density at radius 1 is 0.250 bits per heavy atom. The molecule has 2 nitrogen and oxygen atoms in total. The summed E-state index contributed by atoms with van der Waals surface area (Å²) in [6.07, 6.45) is 0. The van der Waals surface area contributed by atoms with Crippen molar-refractivity contribution in [3.8, 4) is 44.5 Å². The summed E-state index contributed by atoms with van der Waals surface area (Å²) < 4.78 is 0. The van der Waals surface area contributed by atoms with Gasteiger partial charge in [-0.3, -0.25) is 0 Å². The van der Waals surface area contributed by atoms with Crippen LogP contribution in [0.5, 0.6) is 0 Å². The van der Waals surface area contributed by atoms with Crippen molar-refractivity contribution in [1.29, 1.82) is 0 Å². The number of aryl methyl sites for hydroxylation is 4. The molecule has 0 aliphatic carbocycles. The molecule has 11 rings (SSSR count). The van der Waals surface area contributed by atoms with Crippen molar-refractivity contribution in [3.05, 3.63) is 265 Å². The zero-order valence-corrected chi connectivity index (χ0v) is 39.0. The molecule has 326 valence electrons. The van der Waals surface area contributed by atoms with Crippen LogP contribution in [0.15, 0.2) is 243 Å². The average Bonchev–Trinajstić information content (AvgIpc) is 3.38. The Labute approximate surface area is 400 Å². The van der Waals surface area contributed by atoms with Crippen LogP contribution in [0.2, 0.25) is 0 Å². The van der Waals surface area contributed by atoms with Crippen molar-refractivity contribution in [3.63, 3.8) is 0 Å². The molecule has 0 atom stereocenters. The van der Waals surface area contributed by atoms with E-state index in [1.807, 2.05) is 0 Å². The zero-order valence-electron chi connectivity index (χ0n) is 39.0. The van der Waals surface area contributed by atoms with Gasteiger partial charge in [0.25, 0.3) is 0 Å². The van der Waals surface area contributed by atoms with Gasteiger partial charge in [-0.05, 0) is 155 Å². The largest absolute Gasteiger partial charge is 0.310 e. The predicted octanol–water partition coefficient (Wildman–Crippen LogP) is 18.8. The second kappa shape index (κ2) is 18.1. The van der Waals surface area contributed by atoms with E-state index in [0.29, 0.717) is 0 Å². The Morgan fingerprint density at radius 3 is 1.03 bits per heavy atom. The molecule has 0 aliphatic rings. The fraction of sp³-hybridized carbons (Fsp3) is 0.0606. The lowest BCUT2D eigenvalue weighted by Gasteiger charge is -2.29. The van der Waals surface area contributed by atoms with Crippen LogP contribution >= 0.6 is 0 Å². The molecule has 2 heteroatoms. The number of nitrogens with zero attached hydrogens (tertiary/aromatic N) is 2. The van der Waals surface area contributed by atoms with Gasteiger partial charge in [0.15, 0.2) is 0 Å². The van der Waals surface area contributed by atoms with E-state index in [4.69, 9.17) is 0 Å². The molecule has 0 aliphatic heterocycles. The molecule has 0 saturated carbocycles. The van der Waals surface area contributed by atoms with Crippen molar-refractivity contribution in [2.75, 3.05) is 9.80 Å². The van der Waals surface area contributed by atoms with Crippen LogP contribution in [0.3, 0.4) is 0 Å². The summed E-state index contributed by atoms with van der Waals surface area (Å²) in [5, 5.41) is 4.82. The van der Waals surface area contributed by atoms with Crippen molar-refractivity contribution in [1.82, 2.24) is 0 Å². The van der Waals surface area contributed by atoms with Crippen LogP contribution in [-0.2, 0) is 0 Å². The first-order chi connectivity index (χ1) is 33.4. The Bertz CT molecular complexity index is 3340. The molecule has 11 aromatic carbocycles. The SMILES string of the molecule is Cc1ccc(-c2cc(N(c3ccccc3)c3cccc4ccccc34)ccc2-c2cc(C)c(C)cc2-c2ccc(N(c3ccccc3)c3cccc4ccccc34)cc2-c2ccc(C)cc2)cc1. The maximum Gasteiger partial charge on any atom is 0.0540 e.